The third kappa shape index (κ3) is 4.72. The monoisotopic (exact) mass is 453 g/mol. The maximum Gasteiger partial charge on any atom is 0.410 e. The van der Waals surface area contributed by atoms with Crippen molar-refractivity contribution in [2.24, 2.45) is 0 Å². The highest BCUT2D eigenvalue weighted by Gasteiger charge is 2.30. The summed E-state index contributed by atoms with van der Waals surface area (Å²) in [6.07, 6.45) is 5.30. The number of urea groups is 1. The molecule has 2 fully saturated rings. The predicted molar refractivity (Wildman–Crippen MR) is 126 cm³/mol. The molecule has 33 heavy (non-hydrogen) atoms. The first-order valence-electron chi connectivity index (χ1n) is 11.3. The van der Waals surface area contributed by atoms with Crippen LogP contribution in [0.25, 0.3) is 16.6 Å². The van der Waals surface area contributed by atoms with Gasteiger partial charge in [-0.3, -0.25) is 15.0 Å². The van der Waals surface area contributed by atoms with Crippen molar-refractivity contribution in [3.05, 3.63) is 30.6 Å². The van der Waals surface area contributed by atoms with Gasteiger partial charge in [-0.1, -0.05) is 6.58 Å². The molecule has 1 N–H and O–H groups in total. The maximum atomic E-state index is 12.4. The lowest BCUT2D eigenvalue weighted by molar-refractivity contribution is -0.120. The van der Waals surface area contributed by atoms with Gasteiger partial charge in [-0.2, -0.15) is 0 Å². The molecular formula is C24H31N5O4. The third-order valence-corrected chi connectivity index (χ3v) is 5.99. The van der Waals surface area contributed by atoms with E-state index >= 15 is 0 Å². The molecule has 0 spiro atoms. The number of likely N-dealkylation sites (tertiary alicyclic amines) is 1. The van der Waals surface area contributed by atoms with Crippen molar-refractivity contribution >= 4 is 40.3 Å². The zero-order valence-corrected chi connectivity index (χ0v) is 19.7. The van der Waals surface area contributed by atoms with Crippen LogP contribution in [0.5, 0.6) is 0 Å². The average Bonchev–Trinajstić information content (AvgIpc) is 3.12. The van der Waals surface area contributed by atoms with Crippen LogP contribution in [0.1, 0.15) is 58.6 Å². The average molecular weight is 454 g/mol. The molecule has 4 amide bonds. The molecule has 0 aliphatic carbocycles. The molecule has 2 aliphatic rings. The Morgan fingerprint density at radius 1 is 1.21 bits per heavy atom. The summed E-state index contributed by atoms with van der Waals surface area (Å²) in [4.78, 5) is 44.2. The standard InChI is InChI=1S/C24H31N5O4/c1-15(2)19-14-29(16-6-9-27(10-7-16)23(32)33-24(3,4)5)21-18(19)12-17(13-25-21)28-11-8-20(30)26-22(28)31/h12-14,16H,1,6-11H2,2-5H3,(H,26,30,31). The highest BCUT2D eigenvalue weighted by Crippen LogP contribution is 2.34. The first kappa shape index (κ1) is 22.8. The smallest absolute Gasteiger partial charge is 0.410 e. The van der Waals surface area contributed by atoms with Gasteiger partial charge in [0.15, 0.2) is 0 Å². The second-order valence-corrected chi connectivity index (χ2v) is 9.75. The van der Waals surface area contributed by atoms with Gasteiger partial charge in [0.2, 0.25) is 5.91 Å². The van der Waals surface area contributed by atoms with Gasteiger partial charge in [0.25, 0.3) is 0 Å². The molecule has 9 heteroatoms. The second-order valence-electron chi connectivity index (χ2n) is 9.75. The summed E-state index contributed by atoms with van der Waals surface area (Å²) in [6.45, 7) is 13.2. The van der Waals surface area contributed by atoms with E-state index in [-0.39, 0.29) is 24.5 Å². The number of amides is 4. The van der Waals surface area contributed by atoms with Crippen LogP contribution in [-0.2, 0) is 9.53 Å². The first-order chi connectivity index (χ1) is 15.5. The minimum atomic E-state index is -0.513. The van der Waals surface area contributed by atoms with Crippen LogP contribution < -0.4 is 10.2 Å². The van der Waals surface area contributed by atoms with Crippen LogP contribution in [0.3, 0.4) is 0 Å². The van der Waals surface area contributed by atoms with Crippen molar-refractivity contribution < 1.29 is 19.1 Å². The molecule has 9 nitrogen and oxygen atoms in total. The van der Waals surface area contributed by atoms with Crippen LogP contribution in [0.4, 0.5) is 15.3 Å². The number of ether oxygens (including phenoxy) is 1. The summed E-state index contributed by atoms with van der Waals surface area (Å²) in [5.41, 5.74) is 2.83. The quantitative estimate of drug-likeness (QED) is 0.755. The van der Waals surface area contributed by atoms with E-state index in [9.17, 15) is 14.4 Å². The number of carbonyl (C=O) groups is 3. The Hall–Kier alpha value is -3.36. The number of aromatic nitrogens is 2. The fourth-order valence-corrected chi connectivity index (χ4v) is 4.35. The molecule has 0 aromatic carbocycles. The van der Waals surface area contributed by atoms with Crippen LogP contribution in [-0.4, -0.2) is 57.7 Å². The molecule has 0 bridgehead atoms. The van der Waals surface area contributed by atoms with Crippen LogP contribution in [0.2, 0.25) is 0 Å². The van der Waals surface area contributed by atoms with Crippen LogP contribution in [0.15, 0.2) is 25.0 Å². The second kappa shape index (κ2) is 8.53. The highest BCUT2D eigenvalue weighted by atomic mass is 16.6. The molecular weight excluding hydrogens is 422 g/mol. The Kier molecular flexibility index (Phi) is 5.90. The van der Waals surface area contributed by atoms with Gasteiger partial charge in [0, 0.05) is 49.2 Å². The number of rotatable bonds is 3. The summed E-state index contributed by atoms with van der Waals surface area (Å²) in [7, 11) is 0. The van der Waals surface area contributed by atoms with Crippen molar-refractivity contribution in [2.75, 3.05) is 24.5 Å². The lowest BCUT2D eigenvalue weighted by atomic mass is 10.1. The van der Waals surface area contributed by atoms with E-state index in [4.69, 9.17) is 9.72 Å². The van der Waals surface area contributed by atoms with E-state index < -0.39 is 11.6 Å². The Morgan fingerprint density at radius 3 is 2.52 bits per heavy atom. The minimum absolute atomic E-state index is 0.188. The number of imide groups is 1. The van der Waals surface area contributed by atoms with Crippen LogP contribution in [0, 0.1) is 0 Å². The molecule has 2 saturated heterocycles. The lowest BCUT2D eigenvalue weighted by Crippen LogP contribution is -2.49. The van der Waals surface area contributed by atoms with Gasteiger partial charge in [0.05, 0.1) is 11.9 Å². The van der Waals surface area contributed by atoms with Crippen molar-refractivity contribution in [3.63, 3.8) is 0 Å². The van der Waals surface area contributed by atoms with Crippen LogP contribution >= 0.6 is 0 Å². The van der Waals surface area contributed by atoms with Gasteiger partial charge >= 0.3 is 12.1 Å². The largest absolute Gasteiger partial charge is 0.444 e. The predicted octanol–water partition coefficient (Wildman–Crippen LogP) is 4.09. The molecule has 176 valence electrons. The van der Waals surface area contributed by atoms with Gasteiger partial charge in [-0.25, -0.2) is 14.6 Å². The van der Waals surface area contributed by atoms with Gasteiger partial charge in [-0.15, -0.1) is 0 Å². The topological polar surface area (TPSA) is 96.8 Å². The molecule has 0 unspecified atom stereocenters. The number of carbonyl (C=O) groups excluding carboxylic acids is 3. The van der Waals surface area contributed by atoms with Crippen molar-refractivity contribution in [3.8, 4) is 0 Å². The number of nitrogens with zero attached hydrogens (tertiary/aromatic N) is 4. The fraction of sp³-hybridized carbons (Fsp3) is 0.500. The molecule has 2 aromatic heterocycles. The van der Waals surface area contributed by atoms with E-state index in [1.54, 1.807) is 11.1 Å². The number of piperidine rings is 1. The summed E-state index contributed by atoms with van der Waals surface area (Å²) in [5.74, 6) is -0.267. The molecule has 2 aliphatic heterocycles. The van der Waals surface area contributed by atoms with Gasteiger partial charge in [-0.05, 0) is 52.2 Å². The van der Waals surface area contributed by atoms with E-state index in [0.29, 0.717) is 25.3 Å². The molecule has 4 rings (SSSR count). The number of allylic oxidation sites excluding steroid dienone is 1. The maximum absolute atomic E-state index is 12.4. The Labute approximate surface area is 193 Å². The molecule has 0 atom stereocenters. The zero-order valence-electron chi connectivity index (χ0n) is 19.7. The molecule has 0 radical (unpaired) electrons. The zero-order chi connectivity index (χ0) is 23.9. The normalized spacial score (nSPS) is 17.9. The summed E-state index contributed by atoms with van der Waals surface area (Å²) < 4.78 is 7.67. The fourth-order valence-electron chi connectivity index (χ4n) is 4.35. The molecule has 2 aromatic rings. The van der Waals surface area contributed by atoms with Gasteiger partial charge in [0.1, 0.15) is 11.2 Å². The number of pyridine rings is 1. The molecule has 0 saturated carbocycles. The highest BCUT2D eigenvalue weighted by molar-refractivity contribution is 6.06. The number of fused-ring (bicyclic) bond motifs is 1. The summed E-state index contributed by atoms with van der Waals surface area (Å²) >= 11 is 0. The lowest BCUT2D eigenvalue weighted by Gasteiger charge is -2.34. The minimum Gasteiger partial charge on any atom is -0.444 e. The SMILES string of the molecule is C=C(C)c1cn(C2CCN(C(=O)OC(C)(C)C)CC2)c2ncc(N3CCC(=O)NC3=O)cc12. The van der Waals surface area contributed by atoms with E-state index in [1.165, 1.54) is 4.90 Å². The Morgan fingerprint density at radius 2 is 1.91 bits per heavy atom. The molecule has 4 heterocycles. The third-order valence-electron chi connectivity index (χ3n) is 5.99. The van der Waals surface area contributed by atoms with Crippen molar-refractivity contribution in [1.29, 1.82) is 0 Å². The Bertz CT molecular complexity index is 1120. The van der Waals surface area contributed by atoms with Crippen molar-refractivity contribution in [1.82, 2.24) is 19.8 Å². The summed E-state index contributed by atoms with van der Waals surface area (Å²) in [5, 5.41) is 3.27. The number of anilines is 1. The van der Waals surface area contributed by atoms with E-state index in [2.05, 4.69) is 22.7 Å². The number of hydrogen-bond donors (Lipinski definition) is 1. The summed E-state index contributed by atoms with van der Waals surface area (Å²) in [6, 6.07) is 1.69. The number of nitrogens with one attached hydrogen (secondary N) is 1. The Balaban J connectivity index is 1.58. The van der Waals surface area contributed by atoms with Crippen molar-refractivity contribution in [2.45, 2.75) is 58.6 Å². The van der Waals surface area contributed by atoms with E-state index in [1.807, 2.05) is 33.8 Å². The first-order valence-corrected chi connectivity index (χ1v) is 11.3. The van der Waals surface area contributed by atoms with Gasteiger partial charge < -0.3 is 14.2 Å². The number of hydrogen-bond acceptors (Lipinski definition) is 5. The van der Waals surface area contributed by atoms with E-state index in [0.717, 1.165) is 35.0 Å².